The molecule has 0 unspecified atom stereocenters. The van der Waals surface area contributed by atoms with Crippen LogP contribution in [0.25, 0.3) is 0 Å². The fourth-order valence-corrected chi connectivity index (χ4v) is 2.65. The Hall–Kier alpha value is -3.36. The molecule has 0 atom stereocenters. The maximum Gasteiger partial charge on any atom is 0.283 e. The smallest absolute Gasteiger partial charge is 0.275 e. The molecule has 1 N–H and O–H groups in total. The number of nitrogens with one attached hydrogen (secondary N) is 1. The largest absolute Gasteiger partial charge is 0.283 e. The quantitative estimate of drug-likeness (QED) is 0.511. The summed E-state index contributed by atoms with van der Waals surface area (Å²) in [6, 6.07) is 16.7. The Balaban J connectivity index is 2.33. The molecule has 8 heteroatoms. The van der Waals surface area contributed by atoms with Crippen LogP contribution in [0, 0.1) is 32.8 Å². The van der Waals surface area contributed by atoms with Gasteiger partial charge in [0.15, 0.2) is 0 Å². The molecule has 0 fully saturated rings. The maximum absolute atomic E-state index is 11.1. The van der Waals surface area contributed by atoms with Crippen molar-refractivity contribution in [1.82, 2.24) is 0 Å². The summed E-state index contributed by atoms with van der Waals surface area (Å²) >= 11 is 1.20. The summed E-state index contributed by atoms with van der Waals surface area (Å²) in [5.41, 5.74) is 2.87. The lowest BCUT2D eigenvalue weighted by Gasteiger charge is -2.08. The lowest BCUT2D eigenvalue weighted by atomic mass is 10.3. The molecular formula is C15H9N5O2S. The number of anilines is 1. The SMILES string of the molecule is N#CC(C#N)=NNc1ccccc1Sc1ccccc1[N+](=O)[O-]. The van der Waals surface area contributed by atoms with Crippen molar-refractivity contribution in [2.24, 2.45) is 5.10 Å². The summed E-state index contributed by atoms with van der Waals surface area (Å²) in [7, 11) is 0. The van der Waals surface area contributed by atoms with Crippen LogP contribution in [-0.2, 0) is 0 Å². The number of nitro benzene ring substituents is 1. The second-order valence-electron chi connectivity index (χ2n) is 4.12. The zero-order valence-corrected chi connectivity index (χ0v) is 12.4. The monoisotopic (exact) mass is 323 g/mol. The lowest BCUT2D eigenvalue weighted by Crippen LogP contribution is -1.97. The first-order valence-electron chi connectivity index (χ1n) is 6.30. The second kappa shape index (κ2) is 7.59. The molecule has 7 nitrogen and oxygen atoms in total. The van der Waals surface area contributed by atoms with Crippen LogP contribution in [0.5, 0.6) is 0 Å². The van der Waals surface area contributed by atoms with Crippen molar-refractivity contribution in [2.75, 3.05) is 5.43 Å². The highest BCUT2D eigenvalue weighted by Gasteiger charge is 2.15. The summed E-state index contributed by atoms with van der Waals surface area (Å²) in [6.07, 6.45) is 0. The molecule has 2 aromatic carbocycles. The Bertz CT molecular complexity index is 835. The summed E-state index contributed by atoms with van der Waals surface area (Å²) in [5, 5.41) is 32.1. The van der Waals surface area contributed by atoms with Gasteiger partial charge in [-0.3, -0.25) is 15.5 Å². The van der Waals surface area contributed by atoms with E-state index in [0.29, 0.717) is 15.5 Å². The molecule has 0 aliphatic heterocycles. The number of hydrogen-bond donors (Lipinski definition) is 1. The first-order valence-corrected chi connectivity index (χ1v) is 7.11. The Morgan fingerprint density at radius 3 is 2.35 bits per heavy atom. The topological polar surface area (TPSA) is 115 Å². The molecule has 0 saturated heterocycles. The van der Waals surface area contributed by atoms with Gasteiger partial charge in [0, 0.05) is 11.0 Å². The van der Waals surface area contributed by atoms with Gasteiger partial charge in [-0.05, 0) is 18.2 Å². The van der Waals surface area contributed by atoms with Crippen molar-refractivity contribution in [3.8, 4) is 12.1 Å². The van der Waals surface area contributed by atoms with Crippen LogP contribution in [0.2, 0.25) is 0 Å². The van der Waals surface area contributed by atoms with E-state index < -0.39 is 4.92 Å². The molecule has 0 aromatic heterocycles. The van der Waals surface area contributed by atoms with Crippen LogP contribution in [0.1, 0.15) is 0 Å². The van der Waals surface area contributed by atoms with Gasteiger partial charge in [-0.15, -0.1) is 0 Å². The summed E-state index contributed by atoms with van der Waals surface area (Å²) in [5.74, 6) is 0. The molecule has 0 bridgehead atoms. The third kappa shape index (κ3) is 4.06. The van der Waals surface area contributed by atoms with E-state index >= 15 is 0 Å². The molecule has 0 saturated carbocycles. The molecule has 112 valence electrons. The highest BCUT2D eigenvalue weighted by molar-refractivity contribution is 7.99. The third-order valence-electron chi connectivity index (χ3n) is 2.67. The molecule has 0 aliphatic rings. The highest BCUT2D eigenvalue weighted by Crippen LogP contribution is 2.38. The van der Waals surface area contributed by atoms with Crippen LogP contribution in [0.15, 0.2) is 63.4 Å². The zero-order chi connectivity index (χ0) is 16.7. The van der Waals surface area contributed by atoms with Crippen molar-refractivity contribution in [3.05, 3.63) is 58.6 Å². The number of para-hydroxylation sites is 2. The van der Waals surface area contributed by atoms with Crippen LogP contribution >= 0.6 is 11.8 Å². The summed E-state index contributed by atoms with van der Waals surface area (Å²) < 4.78 is 0. The van der Waals surface area contributed by atoms with Gasteiger partial charge in [0.05, 0.1) is 15.5 Å². The van der Waals surface area contributed by atoms with Crippen LogP contribution < -0.4 is 5.43 Å². The van der Waals surface area contributed by atoms with E-state index in [2.05, 4.69) is 10.5 Å². The van der Waals surface area contributed by atoms with E-state index in [1.54, 1.807) is 54.6 Å². The van der Waals surface area contributed by atoms with E-state index in [1.165, 1.54) is 17.8 Å². The Morgan fingerprint density at radius 2 is 1.70 bits per heavy atom. The second-order valence-corrected chi connectivity index (χ2v) is 5.20. The van der Waals surface area contributed by atoms with E-state index in [-0.39, 0.29) is 11.4 Å². The van der Waals surface area contributed by atoms with E-state index in [0.717, 1.165) is 0 Å². The average Bonchev–Trinajstić information content (AvgIpc) is 2.57. The predicted molar refractivity (Wildman–Crippen MR) is 85.9 cm³/mol. The summed E-state index contributed by atoms with van der Waals surface area (Å²) in [4.78, 5) is 11.8. The van der Waals surface area contributed by atoms with E-state index in [4.69, 9.17) is 10.5 Å². The maximum atomic E-state index is 11.1. The minimum atomic E-state index is -0.444. The first kappa shape index (κ1) is 16.0. The number of nitrogens with zero attached hydrogens (tertiary/aromatic N) is 4. The number of nitriles is 2. The van der Waals surface area contributed by atoms with Gasteiger partial charge >= 0.3 is 0 Å². The third-order valence-corrected chi connectivity index (χ3v) is 3.81. The van der Waals surface area contributed by atoms with Crippen LogP contribution in [0.3, 0.4) is 0 Å². The predicted octanol–water partition coefficient (Wildman–Crippen LogP) is 3.56. The van der Waals surface area contributed by atoms with E-state index in [9.17, 15) is 10.1 Å². The number of nitro groups is 1. The summed E-state index contributed by atoms with van der Waals surface area (Å²) in [6.45, 7) is 0. The number of hydrogen-bond acceptors (Lipinski definition) is 7. The van der Waals surface area contributed by atoms with Crippen molar-refractivity contribution >= 4 is 28.8 Å². The van der Waals surface area contributed by atoms with Gasteiger partial charge < -0.3 is 0 Å². The van der Waals surface area contributed by atoms with Crippen LogP contribution in [0.4, 0.5) is 11.4 Å². The van der Waals surface area contributed by atoms with Gasteiger partial charge in [-0.1, -0.05) is 36.0 Å². The van der Waals surface area contributed by atoms with Gasteiger partial charge in [0.1, 0.15) is 12.1 Å². The number of benzene rings is 2. The van der Waals surface area contributed by atoms with E-state index in [1.807, 2.05) is 0 Å². The van der Waals surface area contributed by atoms with Crippen molar-refractivity contribution in [3.63, 3.8) is 0 Å². The number of hydrazone groups is 1. The molecule has 2 aromatic rings. The molecule has 23 heavy (non-hydrogen) atoms. The fourth-order valence-electron chi connectivity index (χ4n) is 1.65. The van der Waals surface area contributed by atoms with Crippen molar-refractivity contribution < 1.29 is 4.92 Å². The van der Waals surface area contributed by atoms with Gasteiger partial charge in [-0.2, -0.15) is 15.6 Å². The Kier molecular flexibility index (Phi) is 5.29. The standard InChI is InChI=1S/C15H9N5O2S/c16-9-11(10-17)18-19-12-5-1-3-7-14(12)23-15-8-4-2-6-13(15)20(21)22/h1-8,19H. The Labute approximate surface area is 136 Å². The van der Waals surface area contributed by atoms with Gasteiger partial charge in [0.2, 0.25) is 5.71 Å². The molecule has 0 aliphatic carbocycles. The van der Waals surface area contributed by atoms with Crippen molar-refractivity contribution in [2.45, 2.75) is 9.79 Å². The van der Waals surface area contributed by atoms with Crippen LogP contribution in [-0.4, -0.2) is 10.6 Å². The minimum Gasteiger partial charge on any atom is -0.275 e. The molecular weight excluding hydrogens is 314 g/mol. The van der Waals surface area contributed by atoms with Gasteiger partial charge in [-0.25, -0.2) is 0 Å². The molecule has 0 spiro atoms. The molecule has 0 radical (unpaired) electrons. The molecule has 0 amide bonds. The highest BCUT2D eigenvalue weighted by atomic mass is 32.2. The molecule has 0 heterocycles. The Morgan fingerprint density at radius 1 is 1.09 bits per heavy atom. The fraction of sp³-hybridized carbons (Fsp3) is 0. The number of rotatable bonds is 5. The minimum absolute atomic E-state index is 0.00513. The van der Waals surface area contributed by atoms with Crippen molar-refractivity contribution in [1.29, 1.82) is 10.5 Å². The first-order chi connectivity index (χ1) is 11.2. The van der Waals surface area contributed by atoms with Gasteiger partial charge in [0.25, 0.3) is 5.69 Å². The average molecular weight is 323 g/mol. The lowest BCUT2D eigenvalue weighted by molar-refractivity contribution is -0.387. The normalized spacial score (nSPS) is 9.30. The zero-order valence-electron chi connectivity index (χ0n) is 11.6. The molecule has 2 rings (SSSR count).